The monoisotopic (exact) mass is 368 g/mol. The lowest BCUT2D eigenvalue weighted by Gasteiger charge is -2.22. The van der Waals surface area contributed by atoms with Gasteiger partial charge < -0.3 is 9.47 Å². The highest BCUT2D eigenvalue weighted by molar-refractivity contribution is 9.10. The van der Waals surface area contributed by atoms with E-state index in [1.165, 1.54) is 23.9 Å². The normalized spacial score (nSPS) is 17.1. The highest BCUT2D eigenvalue weighted by Gasteiger charge is 2.32. The summed E-state index contributed by atoms with van der Waals surface area (Å²) in [7, 11) is 0. The van der Waals surface area contributed by atoms with Crippen LogP contribution in [0.1, 0.15) is 12.5 Å². The molecule has 3 rings (SSSR count). The van der Waals surface area contributed by atoms with Crippen LogP contribution in [-0.4, -0.2) is 13.2 Å². The minimum absolute atomic E-state index is 0.247. The molecule has 0 aliphatic carbocycles. The topological polar surface area (TPSA) is 18.5 Å². The molecular formula is C16H14BrFO2S. The Morgan fingerprint density at radius 3 is 2.33 bits per heavy atom. The zero-order valence-electron chi connectivity index (χ0n) is 11.4. The van der Waals surface area contributed by atoms with Crippen LogP contribution in [0.3, 0.4) is 0 Å². The molecule has 0 amide bonds. The van der Waals surface area contributed by atoms with Crippen molar-refractivity contribution in [3.8, 4) is 0 Å². The van der Waals surface area contributed by atoms with Crippen molar-refractivity contribution in [3.63, 3.8) is 0 Å². The summed E-state index contributed by atoms with van der Waals surface area (Å²) in [6.07, 6.45) is 0. The Bertz CT molecular complexity index is 619. The Morgan fingerprint density at radius 2 is 1.71 bits per heavy atom. The average Bonchev–Trinajstić information content (AvgIpc) is 2.86. The maximum atomic E-state index is 13.4. The fourth-order valence-corrected chi connectivity index (χ4v) is 3.75. The minimum Gasteiger partial charge on any atom is -0.344 e. The zero-order chi connectivity index (χ0) is 14.9. The molecular weight excluding hydrogens is 355 g/mol. The van der Waals surface area contributed by atoms with E-state index in [4.69, 9.17) is 9.47 Å². The van der Waals surface area contributed by atoms with E-state index in [2.05, 4.69) is 15.9 Å². The van der Waals surface area contributed by atoms with E-state index in [9.17, 15) is 4.39 Å². The summed E-state index contributed by atoms with van der Waals surface area (Å²) in [6.45, 7) is 3.15. The Morgan fingerprint density at radius 1 is 1.05 bits per heavy atom. The molecule has 21 heavy (non-hydrogen) atoms. The Balaban J connectivity index is 1.78. The van der Waals surface area contributed by atoms with Crippen LogP contribution in [0.4, 0.5) is 4.39 Å². The van der Waals surface area contributed by atoms with Crippen LogP contribution >= 0.6 is 27.7 Å². The zero-order valence-corrected chi connectivity index (χ0v) is 13.8. The molecule has 0 bridgehead atoms. The van der Waals surface area contributed by atoms with E-state index in [0.29, 0.717) is 13.2 Å². The Labute approximate surface area is 135 Å². The van der Waals surface area contributed by atoms with Crippen LogP contribution in [0.25, 0.3) is 0 Å². The van der Waals surface area contributed by atoms with E-state index < -0.39 is 5.79 Å². The molecule has 0 aromatic heterocycles. The van der Waals surface area contributed by atoms with Crippen molar-refractivity contribution in [1.82, 2.24) is 0 Å². The summed E-state index contributed by atoms with van der Waals surface area (Å²) in [5, 5.41) is 0. The fourth-order valence-electron chi connectivity index (χ4n) is 2.23. The van der Waals surface area contributed by atoms with Crippen molar-refractivity contribution in [2.24, 2.45) is 0 Å². The molecule has 1 fully saturated rings. The third-order valence-electron chi connectivity index (χ3n) is 3.29. The first kappa shape index (κ1) is 15.0. The average molecular weight is 369 g/mol. The molecule has 1 heterocycles. The molecule has 1 aliphatic rings. The molecule has 0 atom stereocenters. The van der Waals surface area contributed by atoms with Gasteiger partial charge in [0.25, 0.3) is 0 Å². The number of rotatable bonds is 3. The lowest BCUT2D eigenvalue weighted by molar-refractivity contribution is -0.149. The predicted octanol–water partition coefficient (Wildman–Crippen LogP) is 4.96. The summed E-state index contributed by atoms with van der Waals surface area (Å²) >= 11 is 4.82. The second-order valence-electron chi connectivity index (χ2n) is 4.87. The molecule has 0 saturated carbocycles. The number of halogens is 2. The van der Waals surface area contributed by atoms with Gasteiger partial charge in [-0.2, -0.15) is 0 Å². The molecule has 2 aromatic carbocycles. The van der Waals surface area contributed by atoms with Gasteiger partial charge in [0.15, 0.2) is 5.79 Å². The van der Waals surface area contributed by atoms with E-state index in [1.807, 2.05) is 37.3 Å². The van der Waals surface area contributed by atoms with Crippen molar-refractivity contribution in [2.45, 2.75) is 22.5 Å². The van der Waals surface area contributed by atoms with Crippen LogP contribution in [0, 0.1) is 5.82 Å². The van der Waals surface area contributed by atoms with Crippen molar-refractivity contribution >= 4 is 27.7 Å². The lowest BCUT2D eigenvalue weighted by Crippen LogP contribution is -2.22. The van der Waals surface area contributed by atoms with E-state index in [-0.39, 0.29) is 5.82 Å². The lowest BCUT2D eigenvalue weighted by atomic mass is 10.1. The third-order valence-corrected chi connectivity index (χ3v) is 4.73. The summed E-state index contributed by atoms with van der Waals surface area (Å²) in [5.74, 6) is -0.894. The minimum atomic E-state index is -0.648. The standard InChI is InChI=1S/C16H14BrFO2S/c1-16(19-6-7-20-16)11-2-4-14(5-3-11)21-15-9-12(17)8-13(18)10-15/h2-5,8-10H,6-7H2,1H3. The van der Waals surface area contributed by atoms with Gasteiger partial charge in [-0.05, 0) is 37.3 Å². The first-order valence-corrected chi connectivity index (χ1v) is 8.18. The van der Waals surface area contributed by atoms with Gasteiger partial charge in [0.05, 0.1) is 13.2 Å². The first-order chi connectivity index (χ1) is 10.0. The number of ether oxygens (including phenoxy) is 2. The molecule has 0 unspecified atom stereocenters. The van der Waals surface area contributed by atoms with Gasteiger partial charge in [0.1, 0.15) is 5.82 Å². The summed E-state index contributed by atoms with van der Waals surface area (Å²) in [4.78, 5) is 1.90. The maximum absolute atomic E-state index is 13.4. The Hall–Kier alpha value is -0.880. The molecule has 2 aromatic rings. The van der Waals surface area contributed by atoms with Gasteiger partial charge in [0.2, 0.25) is 0 Å². The maximum Gasteiger partial charge on any atom is 0.192 e. The summed E-state index contributed by atoms with van der Waals surface area (Å²) < 4.78 is 25.4. The smallest absolute Gasteiger partial charge is 0.192 e. The quantitative estimate of drug-likeness (QED) is 0.762. The molecule has 0 radical (unpaired) electrons. The molecule has 1 saturated heterocycles. The third kappa shape index (κ3) is 3.48. The van der Waals surface area contributed by atoms with Gasteiger partial charge in [-0.3, -0.25) is 0 Å². The van der Waals surface area contributed by atoms with Crippen molar-refractivity contribution in [2.75, 3.05) is 13.2 Å². The van der Waals surface area contributed by atoms with Crippen molar-refractivity contribution in [1.29, 1.82) is 0 Å². The second-order valence-corrected chi connectivity index (χ2v) is 6.94. The fraction of sp³-hybridized carbons (Fsp3) is 0.250. The molecule has 110 valence electrons. The molecule has 0 N–H and O–H groups in total. The summed E-state index contributed by atoms with van der Waals surface area (Å²) in [6, 6.07) is 12.8. The van der Waals surface area contributed by atoms with Gasteiger partial charge in [-0.1, -0.05) is 39.8 Å². The largest absolute Gasteiger partial charge is 0.344 e. The van der Waals surface area contributed by atoms with Gasteiger partial charge in [0, 0.05) is 19.8 Å². The van der Waals surface area contributed by atoms with Gasteiger partial charge in [-0.25, -0.2) is 4.39 Å². The molecule has 0 spiro atoms. The van der Waals surface area contributed by atoms with E-state index in [1.54, 1.807) is 0 Å². The van der Waals surface area contributed by atoms with Crippen LogP contribution in [0.15, 0.2) is 56.7 Å². The first-order valence-electron chi connectivity index (χ1n) is 6.58. The van der Waals surface area contributed by atoms with Crippen molar-refractivity contribution < 1.29 is 13.9 Å². The van der Waals surface area contributed by atoms with E-state index >= 15 is 0 Å². The number of benzene rings is 2. The molecule has 5 heteroatoms. The van der Waals surface area contributed by atoms with Crippen LogP contribution in [-0.2, 0) is 15.3 Å². The molecule has 1 aliphatic heterocycles. The molecule has 2 nitrogen and oxygen atoms in total. The number of hydrogen-bond donors (Lipinski definition) is 0. The van der Waals surface area contributed by atoms with Crippen LogP contribution < -0.4 is 0 Å². The van der Waals surface area contributed by atoms with Gasteiger partial charge in [-0.15, -0.1) is 0 Å². The second kappa shape index (κ2) is 6.08. The highest BCUT2D eigenvalue weighted by Crippen LogP contribution is 2.34. The van der Waals surface area contributed by atoms with Crippen molar-refractivity contribution in [3.05, 3.63) is 58.3 Å². The summed E-state index contributed by atoms with van der Waals surface area (Å²) in [5.41, 5.74) is 0.991. The SMILES string of the molecule is CC1(c2ccc(Sc3cc(F)cc(Br)c3)cc2)OCCO1. The number of hydrogen-bond acceptors (Lipinski definition) is 3. The highest BCUT2D eigenvalue weighted by atomic mass is 79.9. The predicted molar refractivity (Wildman–Crippen MR) is 83.9 cm³/mol. The van der Waals surface area contributed by atoms with Gasteiger partial charge >= 0.3 is 0 Å². The van der Waals surface area contributed by atoms with Crippen LogP contribution in [0.2, 0.25) is 0 Å². The van der Waals surface area contributed by atoms with Crippen LogP contribution in [0.5, 0.6) is 0 Å². The van der Waals surface area contributed by atoms with E-state index in [0.717, 1.165) is 19.8 Å². The Kier molecular flexibility index (Phi) is 4.36.